The van der Waals surface area contributed by atoms with Crippen LogP contribution < -0.4 is 15.5 Å². The van der Waals surface area contributed by atoms with Gasteiger partial charge in [0.2, 0.25) is 0 Å². The van der Waals surface area contributed by atoms with Gasteiger partial charge < -0.3 is 15.5 Å². The molecule has 2 N–H and O–H groups in total. The second kappa shape index (κ2) is 7.61. The first-order valence-corrected chi connectivity index (χ1v) is 8.86. The van der Waals surface area contributed by atoms with E-state index in [9.17, 15) is 4.79 Å². The highest BCUT2D eigenvalue weighted by Crippen LogP contribution is 2.28. The second-order valence-electron chi connectivity index (χ2n) is 6.10. The van der Waals surface area contributed by atoms with Gasteiger partial charge in [-0.1, -0.05) is 12.1 Å². The van der Waals surface area contributed by atoms with Crippen molar-refractivity contribution in [3.63, 3.8) is 0 Å². The zero-order valence-corrected chi connectivity index (χ0v) is 16.4. The van der Waals surface area contributed by atoms with Gasteiger partial charge in [0, 0.05) is 50.0 Å². The van der Waals surface area contributed by atoms with Crippen LogP contribution in [0.2, 0.25) is 0 Å². The summed E-state index contributed by atoms with van der Waals surface area (Å²) in [7, 11) is 5.82. The summed E-state index contributed by atoms with van der Waals surface area (Å²) in [6.45, 7) is 0. The predicted molar refractivity (Wildman–Crippen MR) is 110 cm³/mol. The molecule has 1 heterocycles. The number of urea groups is 1. The molecule has 0 bridgehead atoms. The van der Waals surface area contributed by atoms with E-state index in [2.05, 4.69) is 31.7 Å². The Hall–Kier alpha value is -2.80. The average molecular weight is 414 g/mol. The molecule has 7 heteroatoms. The average Bonchev–Trinajstić information content (AvgIpc) is 2.94. The number of aromatic nitrogens is 2. The molecular weight excluding hydrogens is 394 g/mol. The van der Waals surface area contributed by atoms with E-state index in [-0.39, 0.29) is 6.03 Å². The summed E-state index contributed by atoms with van der Waals surface area (Å²) in [5, 5.41) is 10.1. The molecule has 26 heavy (non-hydrogen) atoms. The molecule has 0 aliphatic heterocycles. The monoisotopic (exact) mass is 413 g/mol. The van der Waals surface area contributed by atoms with Gasteiger partial charge in [0.05, 0.1) is 4.47 Å². The fraction of sp³-hybridized carbons (Fsp3) is 0.158. The van der Waals surface area contributed by atoms with Crippen LogP contribution in [-0.4, -0.2) is 29.9 Å². The molecule has 2 aromatic carbocycles. The quantitative estimate of drug-likeness (QED) is 0.658. The first kappa shape index (κ1) is 18.0. The van der Waals surface area contributed by atoms with Crippen LogP contribution in [0.3, 0.4) is 0 Å². The largest absolute Gasteiger partial charge is 0.378 e. The lowest BCUT2D eigenvalue weighted by Gasteiger charge is -2.13. The molecule has 0 saturated carbocycles. The maximum absolute atomic E-state index is 12.3. The second-order valence-corrected chi connectivity index (χ2v) is 6.95. The first-order chi connectivity index (χ1) is 12.4. The molecule has 2 amide bonds. The summed E-state index contributed by atoms with van der Waals surface area (Å²) in [6, 6.07) is 14.9. The van der Waals surface area contributed by atoms with E-state index in [0.717, 1.165) is 27.1 Å². The van der Waals surface area contributed by atoms with Crippen molar-refractivity contribution in [1.82, 2.24) is 9.78 Å². The van der Waals surface area contributed by atoms with Gasteiger partial charge in [0.15, 0.2) is 0 Å². The zero-order valence-electron chi connectivity index (χ0n) is 14.8. The lowest BCUT2D eigenvalue weighted by Crippen LogP contribution is -2.19. The lowest BCUT2D eigenvalue weighted by atomic mass is 10.1. The molecule has 1 aromatic heterocycles. The van der Waals surface area contributed by atoms with Crippen LogP contribution in [0.4, 0.5) is 21.9 Å². The third-order valence-electron chi connectivity index (χ3n) is 3.82. The number of aryl methyl sites for hydroxylation is 1. The molecule has 0 aliphatic carbocycles. The van der Waals surface area contributed by atoms with Crippen molar-refractivity contribution in [1.29, 1.82) is 0 Å². The van der Waals surface area contributed by atoms with Gasteiger partial charge in [-0.15, -0.1) is 0 Å². The summed E-state index contributed by atoms with van der Waals surface area (Å²) in [4.78, 5) is 14.3. The van der Waals surface area contributed by atoms with Crippen LogP contribution in [0.25, 0.3) is 11.3 Å². The number of rotatable bonds is 4. The molecule has 3 aromatic rings. The summed E-state index contributed by atoms with van der Waals surface area (Å²) >= 11 is 3.50. The van der Waals surface area contributed by atoms with E-state index in [0.29, 0.717) is 5.69 Å². The van der Waals surface area contributed by atoms with Crippen LogP contribution in [-0.2, 0) is 7.05 Å². The molecule has 0 atom stereocenters. The Morgan fingerprint density at radius 3 is 2.38 bits per heavy atom. The minimum Gasteiger partial charge on any atom is -0.378 e. The zero-order chi connectivity index (χ0) is 18.7. The molecule has 0 fully saturated rings. The number of benzene rings is 2. The molecule has 0 unspecified atom stereocenters. The topological polar surface area (TPSA) is 62.2 Å². The Balaban J connectivity index is 1.69. The Kier molecular flexibility index (Phi) is 5.27. The van der Waals surface area contributed by atoms with Crippen LogP contribution in [0, 0.1) is 0 Å². The molecule has 0 spiro atoms. The fourth-order valence-corrected chi connectivity index (χ4v) is 3.14. The van der Waals surface area contributed by atoms with Gasteiger partial charge in [-0.2, -0.15) is 5.10 Å². The molecule has 6 nitrogen and oxygen atoms in total. The van der Waals surface area contributed by atoms with Gasteiger partial charge in [-0.25, -0.2) is 4.79 Å². The van der Waals surface area contributed by atoms with Crippen molar-refractivity contribution >= 4 is 39.0 Å². The predicted octanol–water partition coefficient (Wildman–Crippen LogP) is 4.56. The minimum absolute atomic E-state index is 0.292. The molecule has 3 rings (SSSR count). The number of carbonyl (C=O) groups excluding carboxylic acids is 1. The number of nitrogens with one attached hydrogen (secondary N) is 2. The number of carbonyl (C=O) groups is 1. The maximum atomic E-state index is 12.3. The first-order valence-electron chi connectivity index (χ1n) is 8.07. The van der Waals surface area contributed by atoms with E-state index < -0.39 is 0 Å². The van der Waals surface area contributed by atoms with Crippen molar-refractivity contribution in [2.24, 2.45) is 7.05 Å². The fourth-order valence-electron chi connectivity index (χ4n) is 2.54. The smallest absolute Gasteiger partial charge is 0.323 e. The SMILES string of the molecule is CN(C)c1ccc(NC(=O)Nc2cccc(-c3nn(C)cc3Br)c2)cc1. The van der Waals surface area contributed by atoms with E-state index in [1.54, 1.807) is 4.68 Å². The number of halogens is 1. The van der Waals surface area contributed by atoms with Crippen molar-refractivity contribution in [2.75, 3.05) is 29.6 Å². The highest BCUT2D eigenvalue weighted by Gasteiger charge is 2.09. The Bertz CT molecular complexity index is 918. The minimum atomic E-state index is -0.292. The summed E-state index contributed by atoms with van der Waals surface area (Å²) in [5.74, 6) is 0. The van der Waals surface area contributed by atoms with E-state index in [1.807, 2.05) is 80.8 Å². The third-order valence-corrected chi connectivity index (χ3v) is 4.40. The summed E-state index contributed by atoms with van der Waals surface area (Å²) in [6.07, 6.45) is 1.89. The van der Waals surface area contributed by atoms with Gasteiger partial charge in [-0.3, -0.25) is 4.68 Å². The van der Waals surface area contributed by atoms with Gasteiger partial charge in [0.1, 0.15) is 5.69 Å². The molecule has 0 aliphatic rings. The third kappa shape index (κ3) is 4.23. The van der Waals surface area contributed by atoms with Crippen molar-refractivity contribution in [3.05, 3.63) is 59.2 Å². The molecule has 0 saturated heterocycles. The number of amides is 2. The van der Waals surface area contributed by atoms with Gasteiger partial charge >= 0.3 is 6.03 Å². The van der Waals surface area contributed by atoms with Crippen LogP contribution in [0.15, 0.2) is 59.2 Å². The maximum Gasteiger partial charge on any atom is 0.323 e. The number of nitrogens with zero attached hydrogens (tertiary/aromatic N) is 3. The van der Waals surface area contributed by atoms with Crippen LogP contribution >= 0.6 is 15.9 Å². The number of anilines is 3. The van der Waals surface area contributed by atoms with Crippen LogP contribution in [0.5, 0.6) is 0 Å². The molecule has 134 valence electrons. The number of hydrogen-bond donors (Lipinski definition) is 2. The summed E-state index contributed by atoms with van der Waals surface area (Å²) in [5.41, 5.74) is 4.25. The standard InChI is InChI=1S/C19H20BrN5O/c1-24(2)16-9-7-14(8-10-16)21-19(26)22-15-6-4-5-13(11-15)18-17(20)12-25(3)23-18/h4-12H,1-3H3,(H2,21,22,26). The lowest BCUT2D eigenvalue weighted by molar-refractivity contribution is 0.262. The van der Waals surface area contributed by atoms with Crippen LogP contribution in [0.1, 0.15) is 0 Å². The molecule has 0 radical (unpaired) electrons. The highest BCUT2D eigenvalue weighted by molar-refractivity contribution is 9.10. The van der Waals surface area contributed by atoms with Crippen molar-refractivity contribution in [2.45, 2.75) is 0 Å². The Morgan fingerprint density at radius 2 is 1.77 bits per heavy atom. The van der Waals surface area contributed by atoms with E-state index >= 15 is 0 Å². The molecular formula is C19H20BrN5O. The summed E-state index contributed by atoms with van der Waals surface area (Å²) < 4.78 is 2.64. The Morgan fingerprint density at radius 1 is 1.08 bits per heavy atom. The Labute approximate surface area is 161 Å². The highest BCUT2D eigenvalue weighted by atomic mass is 79.9. The van der Waals surface area contributed by atoms with E-state index in [1.165, 1.54) is 0 Å². The van der Waals surface area contributed by atoms with E-state index in [4.69, 9.17) is 0 Å². The van der Waals surface area contributed by atoms with Gasteiger partial charge in [0.25, 0.3) is 0 Å². The normalized spacial score (nSPS) is 10.5. The van der Waals surface area contributed by atoms with Crippen molar-refractivity contribution < 1.29 is 4.79 Å². The van der Waals surface area contributed by atoms with Gasteiger partial charge in [-0.05, 0) is 52.3 Å². The number of hydrogen-bond acceptors (Lipinski definition) is 3. The van der Waals surface area contributed by atoms with Crippen molar-refractivity contribution in [3.8, 4) is 11.3 Å².